The number of nitrogens with zero attached hydrogens (tertiary/aromatic N) is 3. The monoisotopic (exact) mass is 233 g/mol. The van der Waals surface area contributed by atoms with Gasteiger partial charge >= 0.3 is 0 Å². The molecule has 0 aliphatic heterocycles. The molecule has 1 aromatic rings. The Labute approximate surface area is 102 Å². The van der Waals surface area contributed by atoms with Crippen LogP contribution >= 0.6 is 0 Å². The summed E-state index contributed by atoms with van der Waals surface area (Å²) in [7, 11) is 1.94. The quantitative estimate of drug-likeness (QED) is 0.782. The highest BCUT2D eigenvalue weighted by Crippen LogP contribution is 2.34. The molecule has 0 aromatic carbocycles. The molecule has 0 atom stereocenters. The number of aromatic nitrogens is 2. The molecule has 1 saturated carbocycles. The van der Waals surface area contributed by atoms with Gasteiger partial charge in [-0.3, -0.25) is 4.79 Å². The minimum atomic E-state index is 0.205. The topological polar surface area (TPSA) is 46.1 Å². The van der Waals surface area contributed by atoms with Crippen molar-refractivity contribution >= 4 is 11.6 Å². The summed E-state index contributed by atoms with van der Waals surface area (Å²) in [6.07, 6.45) is 4.36. The Hall–Kier alpha value is -1.45. The lowest BCUT2D eigenvalue weighted by Gasteiger charge is -2.24. The molecule has 2 rings (SSSR count). The molecule has 0 spiro atoms. The van der Waals surface area contributed by atoms with Crippen LogP contribution in [0.4, 0.5) is 5.82 Å². The van der Waals surface area contributed by atoms with Gasteiger partial charge in [0.15, 0.2) is 5.82 Å². The maximum atomic E-state index is 10.9. The Kier molecular flexibility index (Phi) is 3.71. The molecule has 1 heterocycles. The minimum Gasteiger partial charge on any atom is -0.358 e. The number of rotatable bonds is 5. The van der Waals surface area contributed by atoms with Crippen molar-refractivity contribution in [2.24, 2.45) is 0 Å². The summed E-state index contributed by atoms with van der Waals surface area (Å²) in [6, 6.07) is 4.07. The van der Waals surface area contributed by atoms with Gasteiger partial charge in [-0.05, 0) is 31.9 Å². The van der Waals surface area contributed by atoms with Crippen LogP contribution in [0.2, 0.25) is 0 Å². The molecule has 0 bridgehead atoms. The number of carbonyl (C=O) groups excluding carboxylic acids is 1. The highest BCUT2D eigenvalue weighted by molar-refractivity contribution is 5.76. The molecule has 1 aromatic heterocycles. The summed E-state index contributed by atoms with van der Waals surface area (Å²) >= 11 is 0. The van der Waals surface area contributed by atoms with Crippen molar-refractivity contribution < 1.29 is 4.79 Å². The van der Waals surface area contributed by atoms with Gasteiger partial charge in [-0.25, -0.2) is 0 Å². The van der Waals surface area contributed by atoms with Gasteiger partial charge in [-0.1, -0.05) is 6.42 Å². The van der Waals surface area contributed by atoms with E-state index in [4.69, 9.17) is 0 Å². The fraction of sp³-hybridized carbons (Fsp3) is 0.615. The fourth-order valence-corrected chi connectivity index (χ4v) is 1.90. The lowest BCUT2D eigenvalue weighted by Crippen LogP contribution is -2.22. The molecule has 17 heavy (non-hydrogen) atoms. The molecule has 1 fully saturated rings. The first-order chi connectivity index (χ1) is 8.16. The summed E-state index contributed by atoms with van der Waals surface area (Å²) < 4.78 is 0. The molecule has 0 unspecified atom stereocenters. The zero-order valence-corrected chi connectivity index (χ0v) is 10.5. The van der Waals surface area contributed by atoms with Crippen molar-refractivity contribution in [3.63, 3.8) is 0 Å². The lowest BCUT2D eigenvalue weighted by atomic mass is 9.83. The van der Waals surface area contributed by atoms with Crippen molar-refractivity contribution in [2.45, 2.75) is 38.5 Å². The van der Waals surface area contributed by atoms with E-state index in [-0.39, 0.29) is 5.78 Å². The Morgan fingerprint density at radius 2 is 2.18 bits per heavy atom. The molecule has 4 nitrogen and oxygen atoms in total. The number of carbonyl (C=O) groups is 1. The molecule has 92 valence electrons. The van der Waals surface area contributed by atoms with E-state index < -0.39 is 0 Å². The van der Waals surface area contributed by atoms with Crippen LogP contribution < -0.4 is 4.90 Å². The fourth-order valence-electron chi connectivity index (χ4n) is 1.90. The average Bonchev–Trinajstić information content (AvgIpc) is 2.24. The third-order valence-corrected chi connectivity index (χ3v) is 3.38. The summed E-state index contributed by atoms with van der Waals surface area (Å²) in [5, 5.41) is 8.50. The van der Waals surface area contributed by atoms with Crippen LogP contribution in [0.1, 0.15) is 44.2 Å². The smallest absolute Gasteiger partial charge is 0.150 e. The highest BCUT2D eigenvalue weighted by Gasteiger charge is 2.21. The van der Waals surface area contributed by atoms with Crippen molar-refractivity contribution in [3.8, 4) is 0 Å². The van der Waals surface area contributed by atoms with Crippen LogP contribution in [0, 0.1) is 0 Å². The Bertz CT molecular complexity index is 384. The minimum absolute atomic E-state index is 0.205. The van der Waals surface area contributed by atoms with Crippen molar-refractivity contribution in [2.75, 3.05) is 18.5 Å². The van der Waals surface area contributed by atoms with Gasteiger partial charge in [0.2, 0.25) is 0 Å². The predicted octanol–water partition coefficient (Wildman–Crippen LogP) is 2.16. The van der Waals surface area contributed by atoms with E-state index in [1.54, 1.807) is 6.92 Å². The number of hydrogen-bond donors (Lipinski definition) is 0. The Morgan fingerprint density at radius 1 is 1.41 bits per heavy atom. The number of ketones is 1. The van der Waals surface area contributed by atoms with Crippen molar-refractivity contribution in [1.29, 1.82) is 0 Å². The van der Waals surface area contributed by atoms with Gasteiger partial charge in [0, 0.05) is 25.9 Å². The van der Waals surface area contributed by atoms with Crippen LogP contribution in [0.5, 0.6) is 0 Å². The Balaban J connectivity index is 1.94. The van der Waals surface area contributed by atoms with Gasteiger partial charge in [-0.15, -0.1) is 5.10 Å². The van der Waals surface area contributed by atoms with Crippen LogP contribution in [-0.2, 0) is 4.79 Å². The van der Waals surface area contributed by atoms with Gasteiger partial charge in [-0.2, -0.15) is 5.10 Å². The maximum absolute atomic E-state index is 10.9. The van der Waals surface area contributed by atoms with Gasteiger partial charge in [0.05, 0.1) is 5.69 Å². The molecule has 4 heteroatoms. The first kappa shape index (κ1) is 12.0. The SMILES string of the molecule is CC(=O)CCN(C)c1ccc(C2CCC2)nn1. The van der Waals surface area contributed by atoms with Crippen molar-refractivity contribution in [1.82, 2.24) is 10.2 Å². The highest BCUT2D eigenvalue weighted by atomic mass is 16.1. The average molecular weight is 233 g/mol. The van der Waals surface area contributed by atoms with E-state index in [1.165, 1.54) is 19.3 Å². The summed E-state index contributed by atoms with van der Waals surface area (Å²) in [4.78, 5) is 12.9. The van der Waals surface area contributed by atoms with E-state index in [2.05, 4.69) is 16.3 Å². The number of hydrogen-bond acceptors (Lipinski definition) is 4. The molecular weight excluding hydrogens is 214 g/mol. The predicted molar refractivity (Wildman–Crippen MR) is 67.2 cm³/mol. The molecule has 1 aliphatic carbocycles. The first-order valence-corrected chi connectivity index (χ1v) is 6.21. The van der Waals surface area contributed by atoms with E-state index in [1.807, 2.05) is 18.0 Å². The second-order valence-corrected chi connectivity index (χ2v) is 4.82. The second kappa shape index (κ2) is 5.25. The molecular formula is C13H19N3O. The first-order valence-electron chi connectivity index (χ1n) is 6.21. The lowest BCUT2D eigenvalue weighted by molar-refractivity contribution is -0.116. The molecule has 0 radical (unpaired) electrons. The summed E-state index contributed by atoms with van der Waals surface area (Å²) in [5.74, 6) is 1.67. The van der Waals surface area contributed by atoms with E-state index in [0.29, 0.717) is 18.9 Å². The molecule has 1 aliphatic rings. The molecule has 0 saturated heterocycles. The van der Waals surface area contributed by atoms with Crippen molar-refractivity contribution in [3.05, 3.63) is 17.8 Å². The third kappa shape index (κ3) is 3.02. The third-order valence-electron chi connectivity index (χ3n) is 3.38. The largest absolute Gasteiger partial charge is 0.358 e. The van der Waals surface area contributed by atoms with E-state index in [0.717, 1.165) is 11.5 Å². The van der Waals surface area contributed by atoms with Gasteiger partial charge < -0.3 is 4.90 Å². The number of anilines is 1. The summed E-state index contributed by atoms with van der Waals surface area (Å²) in [6.45, 7) is 2.31. The molecule has 0 N–H and O–H groups in total. The van der Waals surface area contributed by atoms with Gasteiger partial charge in [0.25, 0.3) is 0 Å². The second-order valence-electron chi connectivity index (χ2n) is 4.82. The van der Waals surface area contributed by atoms with E-state index in [9.17, 15) is 4.79 Å². The van der Waals surface area contributed by atoms with Gasteiger partial charge in [0.1, 0.15) is 5.78 Å². The van der Waals surface area contributed by atoms with Crippen LogP contribution in [-0.4, -0.2) is 29.6 Å². The van der Waals surface area contributed by atoms with E-state index >= 15 is 0 Å². The normalized spacial score (nSPS) is 15.4. The van der Waals surface area contributed by atoms with Crippen LogP contribution in [0.3, 0.4) is 0 Å². The maximum Gasteiger partial charge on any atom is 0.150 e. The molecule has 0 amide bonds. The number of Topliss-reactive ketones (excluding diaryl/α,β-unsaturated/α-hetero) is 1. The Morgan fingerprint density at radius 3 is 2.65 bits per heavy atom. The zero-order valence-electron chi connectivity index (χ0n) is 10.5. The standard InChI is InChI=1S/C13H19N3O/c1-10(17)8-9-16(2)13-7-6-12(14-15-13)11-4-3-5-11/h6-7,11H,3-5,8-9H2,1-2H3. The van der Waals surface area contributed by atoms with Crippen LogP contribution in [0.15, 0.2) is 12.1 Å². The van der Waals surface area contributed by atoms with Crippen LogP contribution in [0.25, 0.3) is 0 Å². The zero-order chi connectivity index (χ0) is 12.3. The summed E-state index contributed by atoms with van der Waals surface area (Å²) in [5.41, 5.74) is 1.11.